The summed E-state index contributed by atoms with van der Waals surface area (Å²) < 4.78 is 43.5. The van der Waals surface area contributed by atoms with Crippen molar-refractivity contribution in [2.45, 2.75) is 38.5 Å². The molecule has 0 aliphatic carbocycles. The first-order chi connectivity index (χ1) is 19.1. The second-order valence-corrected chi connectivity index (χ2v) is 13.2. The Morgan fingerprint density at radius 3 is 2.62 bits per heavy atom. The summed E-state index contributed by atoms with van der Waals surface area (Å²) in [5.74, 6) is 2.27. The van der Waals surface area contributed by atoms with E-state index in [0.29, 0.717) is 49.6 Å². The molecule has 2 saturated heterocycles. The van der Waals surface area contributed by atoms with Crippen LogP contribution in [0.4, 0.5) is 27.7 Å². The Kier molecular flexibility index (Phi) is 8.39. The van der Waals surface area contributed by atoms with Gasteiger partial charge in [0.05, 0.1) is 31.6 Å². The molecule has 2 aliphatic rings. The van der Waals surface area contributed by atoms with E-state index in [1.807, 2.05) is 12.3 Å². The lowest BCUT2D eigenvalue weighted by molar-refractivity contribution is -0.0262. The number of hydrogen-bond donors (Lipinski definition) is 2. The lowest BCUT2D eigenvalue weighted by Crippen LogP contribution is -2.49. The Morgan fingerprint density at radius 1 is 1.12 bits per heavy atom. The van der Waals surface area contributed by atoms with Crippen LogP contribution in [-0.2, 0) is 14.6 Å². The molecule has 12 heteroatoms. The number of nitrogens with one attached hydrogen (secondary N) is 1. The maximum atomic E-state index is 14.7. The molecule has 0 unspecified atom stereocenters. The summed E-state index contributed by atoms with van der Waals surface area (Å²) >= 11 is 0. The number of fused-ring (bicyclic) bond motifs is 1. The molecule has 10 nitrogen and oxygen atoms in total. The maximum absolute atomic E-state index is 14.7. The van der Waals surface area contributed by atoms with Crippen LogP contribution >= 0.6 is 0 Å². The number of pyridine rings is 1. The number of piperidine rings is 1. The Labute approximate surface area is 234 Å². The second-order valence-electron chi connectivity index (χ2n) is 11.1. The van der Waals surface area contributed by atoms with Gasteiger partial charge >= 0.3 is 0 Å². The summed E-state index contributed by atoms with van der Waals surface area (Å²) in [6.45, 7) is 6.39. The lowest BCUT2D eigenvalue weighted by atomic mass is 9.93. The van der Waals surface area contributed by atoms with Gasteiger partial charge in [-0.25, -0.2) is 22.8 Å². The van der Waals surface area contributed by atoms with E-state index >= 15 is 0 Å². The molecule has 2 N–H and O–H groups in total. The van der Waals surface area contributed by atoms with Crippen LogP contribution in [0.2, 0.25) is 0 Å². The van der Waals surface area contributed by atoms with Crippen LogP contribution < -0.4 is 15.1 Å². The zero-order chi connectivity index (χ0) is 28.4. The first-order valence-electron chi connectivity index (χ1n) is 13.7. The highest BCUT2D eigenvalue weighted by Crippen LogP contribution is 2.37. The summed E-state index contributed by atoms with van der Waals surface area (Å²) in [4.78, 5) is 17.7. The number of aromatic nitrogens is 3. The largest absolute Gasteiger partial charge is 0.394 e. The van der Waals surface area contributed by atoms with Crippen LogP contribution in [0.5, 0.6) is 0 Å². The van der Waals surface area contributed by atoms with Gasteiger partial charge < -0.3 is 25.0 Å². The van der Waals surface area contributed by atoms with Gasteiger partial charge in [0.1, 0.15) is 27.6 Å². The van der Waals surface area contributed by atoms with Crippen molar-refractivity contribution in [3.63, 3.8) is 0 Å². The fourth-order valence-electron chi connectivity index (χ4n) is 5.55. The van der Waals surface area contributed by atoms with Crippen molar-refractivity contribution in [1.29, 1.82) is 0 Å². The van der Waals surface area contributed by atoms with Crippen molar-refractivity contribution >= 4 is 43.9 Å². The molecule has 0 radical (unpaired) electrons. The van der Waals surface area contributed by atoms with E-state index in [4.69, 9.17) is 9.84 Å². The zero-order valence-corrected chi connectivity index (χ0v) is 23.9. The molecule has 40 heavy (non-hydrogen) atoms. The number of benzene rings is 1. The average Bonchev–Trinajstić information content (AvgIpc) is 2.88. The van der Waals surface area contributed by atoms with Crippen molar-refractivity contribution in [2.24, 2.45) is 5.92 Å². The Balaban J connectivity index is 1.34. The third kappa shape index (κ3) is 6.45. The highest BCUT2D eigenvalue weighted by molar-refractivity contribution is 7.90. The summed E-state index contributed by atoms with van der Waals surface area (Å²) in [6, 6.07) is 8.02. The van der Waals surface area contributed by atoms with E-state index in [1.54, 1.807) is 17.2 Å². The molecule has 1 aromatic carbocycles. The normalized spacial score (nSPS) is 20.2. The monoisotopic (exact) mass is 572 g/mol. The highest BCUT2D eigenvalue weighted by Gasteiger charge is 2.32. The van der Waals surface area contributed by atoms with Crippen molar-refractivity contribution in [2.75, 3.05) is 66.5 Å². The van der Waals surface area contributed by atoms with E-state index in [-0.39, 0.29) is 31.4 Å². The molecule has 4 heterocycles. The predicted molar refractivity (Wildman–Crippen MR) is 155 cm³/mol. The molecule has 3 aromatic rings. The molecule has 0 amide bonds. The summed E-state index contributed by atoms with van der Waals surface area (Å²) in [5.41, 5.74) is 2.25. The maximum Gasteiger partial charge on any atom is 0.227 e. The molecular formula is C28H37FN6O4S. The van der Waals surface area contributed by atoms with Gasteiger partial charge in [0.25, 0.3) is 0 Å². The first kappa shape index (κ1) is 28.4. The number of rotatable bonds is 10. The molecule has 2 aromatic heterocycles. The number of halogens is 1. The van der Waals surface area contributed by atoms with Crippen LogP contribution in [0.15, 0.2) is 36.7 Å². The standard InChI is InChI=1S/C28H37FN6O4S/c1-18(2)20-4-5-24(35-14-19(15-35)17-40(3,37)38)22-13-31-27(12-21(20)22)32-26-6-8-30-28(33-26)34-9-7-25(23(29)16-34)39-11-10-36/h4-6,8,12-13,18-19,23,25,36H,7,9-11,14-17H2,1-3H3,(H,30,31,32,33)/t23-,25+/m1/s1. The molecule has 0 saturated carbocycles. The molecule has 2 atom stereocenters. The number of ether oxygens (including phenoxy) is 1. The van der Waals surface area contributed by atoms with Gasteiger partial charge in [-0.3, -0.25) is 0 Å². The number of alkyl halides is 1. The molecule has 216 valence electrons. The predicted octanol–water partition coefficient (Wildman–Crippen LogP) is 3.30. The highest BCUT2D eigenvalue weighted by atomic mass is 32.2. The van der Waals surface area contributed by atoms with Gasteiger partial charge in [0, 0.05) is 55.3 Å². The number of sulfone groups is 1. The van der Waals surface area contributed by atoms with Gasteiger partial charge in [-0.05, 0) is 41.5 Å². The van der Waals surface area contributed by atoms with E-state index in [9.17, 15) is 12.8 Å². The quantitative estimate of drug-likeness (QED) is 0.374. The summed E-state index contributed by atoms with van der Waals surface area (Å²) in [7, 11) is -3.00. The molecule has 0 bridgehead atoms. The molecule has 0 spiro atoms. The number of anilines is 4. The third-order valence-electron chi connectivity index (χ3n) is 7.46. The minimum Gasteiger partial charge on any atom is -0.394 e. The average molecular weight is 573 g/mol. The lowest BCUT2D eigenvalue weighted by Gasteiger charge is -2.41. The van der Waals surface area contributed by atoms with E-state index in [2.05, 4.69) is 51.1 Å². The van der Waals surface area contributed by atoms with Crippen molar-refractivity contribution in [1.82, 2.24) is 15.0 Å². The number of hydrogen-bond acceptors (Lipinski definition) is 10. The summed E-state index contributed by atoms with van der Waals surface area (Å²) in [5, 5.41) is 14.3. The van der Waals surface area contributed by atoms with Gasteiger partial charge in [0.2, 0.25) is 5.95 Å². The van der Waals surface area contributed by atoms with Gasteiger partial charge in [-0.15, -0.1) is 0 Å². The van der Waals surface area contributed by atoms with Gasteiger partial charge in [-0.1, -0.05) is 19.9 Å². The zero-order valence-electron chi connectivity index (χ0n) is 23.1. The number of aliphatic hydroxyl groups excluding tert-OH is 1. The van der Waals surface area contributed by atoms with Gasteiger partial charge in [0.15, 0.2) is 0 Å². The summed E-state index contributed by atoms with van der Waals surface area (Å²) in [6.07, 6.45) is 3.54. The number of nitrogens with zero attached hydrogens (tertiary/aromatic N) is 5. The Bertz CT molecular complexity index is 1450. The van der Waals surface area contributed by atoms with E-state index < -0.39 is 22.1 Å². The van der Waals surface area contributed by atoms with Crippen LogP contribution in [-0.4, -0.2) is 92.2 Å². The van der Waals surface area contributed by atoms with Gasteiger partial charge in [-0.2, -0.15) is 4.98 Å². The topological polar surface area (TPSA) is 121 Å². The van der Waals surface area contributed by atoms with Crippen LogP contribution in [0.25, 0.3) is 10.8 Å². The molecule has 5 rings (SSSR count). The Morgan fingerprint density at radius 2 is 1.93 bits per heavy atom. The molecule has 2 fully saturated rings. The minimum absolute atomic E-state index is 0.121. The van der Waals surface area contributed by atoms with Crippen molar-refractivity contribution in [3.05, 3.63) is 42.2 Å². The fourth-order valence-corrected chi connectivity index (χ4v) is 6.62. The molecule has 2 aliphatic heterocycles. The van der Waals surface area contributed by atoms with E-state index in [1.165, 1.54) is 11.8 Å². The Hall–Kier alpha value is -3.09. The molecular weight excluding hydrogens is 535 g/mol. The fraction of sp³-hybridized carbons (Fsp3) is 0.536. The third-order valence-corrected chi connectivity index (χ3v) is 8.53. The van der Waals surface area contributed by atoms with Crippen molar-refractivity contribution in [3.8, 4) is 0 Å². The van der Waals surface area contributed by atoms with Crippen LogP contribution in [0.1, 0.15) is 31.7 Å². The minimum atomic E-state index is -3.00. The van der Waals surface area contributed by atoms with E-state index in [0.717, 1.165) is 16.5 Å². The first-order valence-corrected chi connectivity index (χ1v) is 15.7. The SMILES string of the molecule is CC(C)c1ccc(N2CC(CS(C)(=O)=O)C2)c2cnc(Nc3ccnc(N4CC[C@H](OCCO)[C@H](F)C4)n3)cc12. The smallest absolute Gasteiger partial charge is 0.227 e. The second kappa shape index (κ2) is 11.8. The van der Waals surface area contributed by atoms with Crippen LogP contribution in [0.3, 0.4) is 0 Å². The van der Waals surface area contributed by atoms with Crippen molar-refractivity contribution < 1.29 is 22.7 Å². The van der Waals surface area contributed by atoms with Crippen LogP contribution in [0, 0.1) is 5.92 Å². The number of aliphatic hydroxyl groups is 1.